The highest BCUT2D eigenvalue weighted by molar-refractivity contribution is 9.10. The standard InChI is InChI=1S/C35H26BrN3O7S2/c1-2-45-34(43)19-10-13-21(14-11-19)39-32(41)28-27(29-31(38-35(44)48-29)47-30(28)33(39)42)23-16-20(36)12-15-25(23)46-17-26(40)37-24-9-5-7-18-6-3-4-8-22(18)24/h3-16,27-28,30H,2,17H2,1H3,(H,37,40)(H,38,44)/t27-,28?,30?/m1/s1. The Bertz CT molecular complexity index is 2160. The van der Waals surface area contributed by atoms with Gasteiger partial charge in [0, 0.05) is 31.9 Å². The number of thioether (sulfide) groups is 1. The summed E-state index contributed by atoms with van der Waals surface area (Å²) in [4.78, 5) is 70.4. The minimum absolute atomic E-state index is 0.216. The van der Waals surface area contributed by atoms with Crippen molar-refractivity contribution in [1.82, 2.24) is 4.98 Å². The van der Waals surface area contributed by atoms with Gasteiger partial charge in [0.05, 0.1) is 28.8 Å². The lowest BCUT2D eigenvalue weighted by Gasteiger charge is -2.31. The first-order valence-corrected chi connectivity index (χ1v) is 17.5. The summed E-state index contributed by atoms with van der Waals surface area (Å²) in [7, 11) is 0. The van der Waals surface area contributed by atoms with E-state index < -0.39 is 34.9 Å². The van der Waals surface area contributed by atoms with E-state index in [9.17, 15) is 24.0 Å². The number of esters is 1. The molecule has 0 bridgehead atoms. The molecule has 10 nitrogen and oxygen atoms in total. The fraction of sp³-hybridized carbons (Fsp3) is 0.171. The summed E-state index contributed by atoms with van der Waals surface area (Å²) in [6, 6.07) is 24.7. The molecule has 5 aromatic rings. The molecule has 3 atom stereocenters. The number of rotatable bonds is 8. The Morgan fingerprint density at radius 1 is 0.958 bits per heavy atom. The zero-order valence-corrected chi connectivity index (χ0v) is 28.4. The summed E-state index contributed by atoms with van der Waals surface area (Å²) in [5.41, 5.74) is 1.82. The number of carbonyl (C=O) groups is 4. The number of fused-ring (bicyclic) bond motifs is 3. The first-order chi connectivity index (χ1) is 23.2. The summed E-state index contributed by atoms with van der Waals surface area (Å²) in [5, 5.41) is 4.47. The number of nitrogens with zero attached hydrogens (tertiary/aromatic N) is 1. The number of halogens is 1. The van der Waals surface area contributed by atoms with Crippen LogP contribution in [0.4, 0.5) is 11.4 Å². The Balaban J connectivity index is 1.20. The number of benzene rings is 4. The number of ether oxygens (including phenoxy) is 2. The Morgan fingerprint density at radius 2 is 1.73 bits per heavy atom. The van der Waals surface area contributed by atoms with E-state index in [4.69, 9.17) is 9.47 Å². The first-order valence-electron chi connectivity index (χ1n) is 15.0. The number of hydrogen-bond acceptors (Lipinski definition) is 9. The molecule has 0 radical (unpaired) electrons. The number of carbonyl (C=O) groups excluding carboxylic acids is 4. The molecule has 1 aromatic heterocycles. The van der Waals surface area contributed by atoms with Gasteiger partial charge in [-0.1, -0.05) is 75.4 Å². The lowest BCUT2D eigenvalue weighted by Crippen LogP contribution is -2.32. The van der Waals surface area contributed by atoms with Crippen molar-refractivity contribution in [2.45, 2.75) is 23.1 Å². The van der Waals surface area contributed by atoms with Crippen molar-refractivity contribution in [1.29, 1.82) is 0 Å². The predicted molar refractivity (Wildman–Crippen MR) is 187 cm³/mol. The number of anilines is 2. The molecule has 0 saturated carbocycles. The molecule has 3 heterocycles. The second-order valence-corrected chi connectivity index (χ2v) is 14.2. The molecular formula is C35H26BrN3O7S2. The summed E-state index contributed by atoms with van der Waals surface area (Å²) in [6.07, 6.45) is 0. The van der Waals surface area contributed by atoms with Gasteiger partial charge < -0.3 is 19.8 Å². The Morgan fingerprint density at radius 3 is 2.52 bits per heavy atom. The number of amides is 3. The van der Waals surface area contributed by atoms with Crippen LogP contribution in [0.5, 0.6) is 5.75 Å². The first kappa shape index (κ1) is 31.9. The van der Waals surface area contributed by atoms with Crippen LogP contribution in [-0.4, -0.2) is 47.1 Å². The van der Waals surface area contributed by atoms with Crippen molar-refractivity contribution in [2.24, 2.45) is 5.92 Å². The third-order valence-corrected chi connectivity index (χ3v) is 11.1. The van der Waals surface area contributed by atoms with Gasteiger partial charge in [-0.15, -0.1) is 0 Å². The number of H-pyrrole nitrogens is 1. The van der Waals surface area contributed by atoms with Gasteiger partial charge in [0.2, 0.25) is 11.8 Å². The smallest absolute Gasteiger partial charge is 0.338 e. The number of nitrogens with one attached hydrogen (secondary N) is 2. The molecule has 48 heavy (non-hydrogen) atoms. The molecule has 0 spiro atoms. The quantitative estimate of drug-likeness (QED) is 0.139. The highest BCUT2D eigenvalue weighted by atomic mass is 79.9. The topological polar surface area (TPSA) is 135 Å². The van der Waals surface area contributed by atoms with Crippen molar-refractivity contribution in [3.05, 3.63) is 115 Å². The van der Waals surface area contributed by atoms with Crippen molar-refractivity contribution >= 4 is 84.9 Å². The monoisotopic (exact) mass is 743 g/mol. The third kappa shape index (κ3) is 5.82. The number of hydrogen-bond donors (Lipinski definition) is 2. The van der Waals surface area contributed by atoms with Gasteiger partial charge in [-0.25, -0.2) is 9.69 Å². The van der Waals surface area contributed by atoms with Gasteiger partial charge in [0.1, 0.15) is 11.0 Å². The maximum Gasteiger partial charge on any atom is 0.338 e. The molecule has 2 aliphatic heterocycles. The summed E-state index contributed by atoms with van der Waals surface area (Å²) in [5.74, 6) is -3.05. The minimum atomic E-state index is -0.882. The van der Waals surface area contributed by atoms with Crippen LogP contribution in [0.15, 0.2) is 99.2 Å². The van der Waals surface area contributed by atoms with Crippen molar-refractivity contribution < 1.29 is 28.7 Å². The van der Waals surface area contributed by atoms with Gasteiger partial charge in [0.15, 0.2) is 6.61 Å². The van der Waals surface area contributed by atoms with Crippen molar-refractivity contribution in [2.75, 3.05) is 23.4 Å². The molecule has 3 amide bonds. The van der Waals surface area contributed by atoms with Crippen LogP contribution in [-0.2, 0) is 19.1 Å². The van der Waals surface area contributed by atoms with Crippen LogP contribution < -0.4 is 19.8 Å². The van der Waals surface area contributed by atoms with Gasteiger partial charge >= 0.3 is 10.8 Å². The third-order valence-electron chi connectivity index (χ3n) is 8.19. The van der Waals surface area contributed by atoms with Crippen LogP contribution in [0.1, 0.15) is 33.6 Å². The van der Waals surface area contributed by atoms with Crippen molar-refractivity contribution in [3.8, 4) is 5.75 Å². The van der Waals surface area contributed by atoms with E-state index >= 15 is 0 Å². The average Bonchev–Trinajstić information content (AvgIpc) is 3.58. The van der Waals surface area contributed by atoms with Crippen LogP contribution in [0.25, 0.3) is 10.8 Å². The van der Waals surface area contributed by atoms with E-state index in [-0.39, 0.29) is 24.0 Å². The zero-order chi connectivity index (χ0) is 33.5. The zero-order valence-electron chi connectivity index (χ0n) is 25.2. The lowest BCUT2D eigenvalue weighted by atomic mass is 9.82. The predicted octanol–water partition coefficient (Wildman–Crippen LogP) is 6.34. The molecule has 0 aliphatic carbocycles. The van der Waals surface area contributed by atoms with Crippen LogP contribution in [0.3, 0.4) is 0 Å². The van der Waals surface area contributed by atoms with E-state index in [0.29, 0.717) is 42.6 Å². The largest absolute Gasteiger partial charge is 0.483 e. The molecule has 2 N–H and O–H groups in total. The molecule has 4 aromatic carbocycles. The van der Waals surface area contributed by atoms with E-state index in [2.05, 4.69) is 26.2 Å². The second-order valence-electron chi connectivity index (χ2n) is 11.1. The van der Waals surface area contributed by atoms with Gasteiger partial charge in [0.25, 0.3) is 5.91 Å². The van der Waals surface area contributed by atoms with E-state index in [1.54, 1.807) is 37.3 Å². The maximum atomic E-state index is 14.2. The number of thiazole rings is 1. The van der Waals surface area contributed by atoms with E-state index in [1.165, 1.54) is 12.1 Å². The normalized spacial score (nSPS) is 18.4. The Hall–Kier alpha value is -4.72. The van der Waals surface area contributed by atoms with Gasteiger partial charge in [-0.2, -0.15) is 0 Å². The fourth-order valence-corrected chi connectivity index (χ4v) is 9.01. The Labute approximate surface area is 290 Å². The van der Waals surface area contributed by atoms with Gasteiger partial charge in [-0.05, 0) is 60.8 Å². The lowest BCUT2D eigenvalue weighted by molar-refractivity contribution is -0.122. The Kier molecular flexibility index (Phi) is 8.67. The van der Waals surface area contributed by atoms with Gasteiger partial charge in [-0.3, -0.25) is 19.2 Å². The highest BCUT2D eigenvalue weighted by Gasteiger charge is 2.57. The summed E-state index contributed by atoms with van der Waals surface area (Å²) in [6.45, 7) is 1.60. The molecule has 1 fully saturated rings. The number of aromatic amines is 1. The van der Waals surface area contributed by atoms with Crippen LogP contribution in [0.2, 0.25) is 0 Å². The maximum absolute atomic E-state index is 14.2. The van der Waals surface area contributed by atoms with E-state index in [0.717, 1.165) is 38.8 Å². The van der Waals surface area contributed by atoms with Crippen LogP contribution >= 0.6 is 39.0 Å². The number of aromatic nitrogens is 1. The molecule has 7 rings (SSSR count). The van der Waals surface area contributed by atoms with E-state index in [1.807, 2.05) is 42.5 Å². The molecule has 2 unspecified atom stereocenters. The van der Waals surface area contributed by atoms with Crippen LogP contribution in [0, 0.1) is 5.92 Å². The SMILES string of the molecule is CCOC(=O)c1ccc(N2C(=O)C3Sc4[nH]c(=O)sc4[C@H](c4cc(Br)ccc4OCC(=O)Nc4cccc5ccccc45)C3C2=O)cc1. The summed E-state index contributed by atoms with van der Waals surface area (Å²) < 4.78 is 11.9. The van der Waals surface area contributed by atoms with Crippen molar-refractivity contribution in [3.63, 3.8) is 0 Å². The average molecular weight is 745 g/mol. The molecule has 1 saturated heterocycles. The molecule has 13 heteroatoms. The molecule has 2 aliphatic rings. The fourth-order valence-electron chi connectivity index (χ4n) is 6.13. The molecular weight excluding hydrogens is 718 g/mol. The summed E-state index contributed by atoms with van der Waals surface area (Å²) >= 11 is 5.66. The highest BCUT2D eigenvalue weighted by Crippen LogP contribution is 2.54. The minimum Gasteiger partial charge on any atom is -0.483 e. The molecule has 242 valence electrons. The second kappa shape index (κ2) is 13.1. The number of imide groups is 1.